The fourth-order valence-corrected chi connectivity index (χ4v) is 6.42. The molecule has 4 aromatic heterocycles. The summed E-state index contributed by atoms with van der Waals surface area (Å²) in [6.07, 6.45) is 12.7. The maximum absolute atomic E-state index is 12.2. The number of carbonyl (C=O) groups is 2. The molecule has 0 unspecified atom stereocenters. The number of anilines is 2. The Kier molecular flexibility index (Phi) is 10.3. The van der Waals surface area contributed by atoms with E-state index in [9.17, 15) is 9.59 Å². The number of benzene rings is 2. The van der Waals surface area contributed by atoms with Crippen LogP contribution in [0.3, 0.4) is 0 Å². The second-order valence-corrected chi connectivity index (χ2v) is 13.3. The SMILES string of the molecule is CCO[C@@H]1C[C@H]1C(=O)Nc1cc2ccc(-c3cnccc3C)cc2cn1.CCO[C@H]1C[C@@H]1C(=O)Nc1cc2ccc(-c3cnccc3C)cc2cn1. The number of fused-ring (bicyclic) bond motifs is 2. The number of pyridine rings is 4. The van der Waals surface area contributed by atoms with Crippen LogP contribution in [-0.2, 0) is 19.1 Å². The average Bonchev–Trinajstić information content (AvgIpc) is 4.09. The molecular formula is C42H42N6O4. The summed E-state index contributed by atoms with van der Waals surface area (Å²) in [6.45, 7) is 9.32. The lowest BCUT2D eigenvalue weighted by molar-refractivity contribution is -0.119. The number of rotatable bonds is 10. The Bertz CT molecular complexity index is 2100. The van der Waals surface area contributed by atoms with Crippen molar-refractivity contribution < 1.29 is 19.1 Å². The third kappa shape index (κ3) is 7.98. The molecule has 2 aromatic carbocycles. The maximum atomic E-state index is 12.2. The number of hydrogen-bond donors (Lipinski definition) is 2. The molecule has 6 aromatic rings. The molecule has 8 rings (SSSR count). The molecule has 2 N–H and O–H groups in total. The van der Waals surface area contributed by atoms with Crippen molar-refractivity contribution in [2.45, 2.75) is 52.7 Å². The molecule has 0 saturated heterocycles. The van der Waals surface area contributed by atoms with Gasteiger partial charge in [-0.05, 0) is 110 Å². The largest absolute Gasteiger partial charge is 0.378 e. The van der Waals surface area contributed by atoms with Crippen LogP contribution >= 0.6 is 0 Å². The van der Waals surface area contributed by atoms with Crippen LogP contribution < -0.4 is 10.6 Å². The Morgan fingerprint density at radius 2 is 1.06 bits per heavy atom. The van der Waals surface area contributed by atoms with Crippen LogP contribution in [-0.4, -0.2) is 57.2 Å². The lowest BCUT2D eigenvalue weighted by Crippen LogP contribution is -2.17. The molecule has 2 saturated carbocycles. The highest BCUT2D eigenvalue weighted by Crippen LogP contribution is 2.36. The quantitative estimate of drug-likeness (QED) is 0.148. The number of ether oxygens (including phenoxy) is 2. The van der Waals surface area contributed by atoms with Crippen LogP contribution in [0.1, 0.15) is 37.8 Å². The van der Waals surface area contributed by atoms with Crippen molar-refractivity contribution in [3.8, 4) is 22.3 Å². The first-order valence-corrected chi connectivity index (χ1v) is 17.8. The van der Waals surface area contributed by atoms with E-state index in [2.05, 4.69) is 80.8 Å². The molecule has 2 fully saturated rings. The normalized spacial score (nSPS) is 18.7. The number of aryl methyl sites for hydroxylation is 2. The molecule has 10 nitrogen and oxygen atoms in total. The average molecular weight is 695 g/mol. The molecule has 4 heterocycles. The van der Waals surface area contributed by atoms with E-state index >= 15 is 0 Å². The number of nitrogens with one attached hydrogen (secondary N) is 2. The first-order chi connectivity index (χ1) is 25.3. The van der Waals surface area contributed by atoms with Crippen molar-refractivity contribution in [1.82, 2.24) is 19.9 Å². The Morgan fingerprint density at radius 1 is 0.615 bits per heavy atom. The molecule has 0 spiro atoms. The lowest BCUT2D eigenvalue weighted by Gasteiger charge is -2.08. The Morgan fingerprint density at radius 3 is 1.46 bits per heavy atom. The van der Waals surface area contributed by atoms with Gasteiger partial charge in [0.15, 0.2) is 0 Å². The molecule has 2 aliphatic rings. The summed E-state index contributed by atoms with van der Waals surface area (Å²) in [7, 11) is 0. The minimum atomic E-state index is -0.0524. The van der Waals surface area contributed by atoms with Crippen molar-refractivity contribution in [2.24, 2.45) is 11.8 Å². The van der Waals surface area contributed by atoms with E-state index in [-0.39, 0.29) is 35.9 Å². The second-order valence-electron chi connectivity index (χ2n) is 13.3. The fraction of sp³-hybridized carbons (Fsp3) is 0.286. The Labute approximate surface area is 303 Å². The predicted molar refractivity (Wildman–Crippen MR) is 204 cm³/mol. The van der Waals surface area contributed by atoms with Gasteiger partial charge >= 0.3 is 0 Å². The van der Waals surface area contributed by atoms with Crippen LogP contribution in [0.5, 0.6) is 0 Å². The highest BCUT2D eigenvalue weighted by atomic mass is 16.5. The summed E-state index contributed by atoms with van der Waals surface area (Å²) < 4.78 is 10.9. The number of aromatic nitrogens is 4. The molecule has 2 aliphatic carbocycles. The van der Waals surface area contributed by atoms with Gasteiger partial charge in [0, 0.05) is 72.3 Å². The molecule has 0 bridgehead atoms. The molecule has 2 amide bonds. The monoisotopic (exact) mass is 694 g/mol. The van der Waals surface area contributed by atoms with Gasteiger partial charge in [-0.3, -0.25) is 19.6 Å². The standard InChI is InChI=1S/2C21H21N3O2/c2*1-3-26-19-10-17(19)21(25)24-20-9-14-4-5-15(8-16(14)11-23-20)18-12-22-7-6-13(18)2/h2*4-9,11-12,17,19H,3,10H2,1-2H3,(H,23,24,25)/t2*17-,19-/m10/s1. The van der Waals surface area contributed by atoms with Crippen molar-refractivity contribution in [2.75, 3.05) is 23.8 Å². The van der Waals surface area contributed by atoms with E-state index in [1.54, 1.807) is 24.8 Å². The topological polar surface area (TPSA) is 128 Å². The van der Waals surface area contributed by atoms with Crippen LogP contribution in [0.4, 0.5) is 11.6 Å². The van der Waals surface area contributed by atoms with Gasteiger partial charge in [-0.2, -0.15) is 0 Å². The fourth-order valence-electron chi connectivity index (χ4n) is 6.42. The van der Waals surface area contributed by atoms with Crippen molar-refractivity contribution in [3.05, 3.63) is 109 Å². The molecule has 10 heteroatoms. The van der Waals surface area contributed by atoms with Crippen molar-refractivity contribution >= 4 is 45.0 Å². The Hall–Kier alpha value is -5.58. The number of nitrogens with zero attached hydrogens (tertiary/aromatic N) is 4. The van der Waals surface area contributed by atoms with E-state index in [1.807, 2.05) is 50.5 Å². The lowest BCUT2D eigenvalue weighted by atomic mass is 10.0. The molecule has 4 atom stereocenters. The predicted octanol–water partition coefficient (Wildman–Crippen LogP) is 7.94. The highest BCUT2D eigenvalue weighted by Gasteiger charge is 2.44. The zero-order valence-electron chi connectivity index (χ0n) is 29.8. The molecule has 0 aliphatic heterocycles. The number of carbonyl (C=O) groups excluding carboxylic acids is 2. The van der Waals surface area contributed by atoms with E-state index < -0.39 is 0 Å². The van der Waals surface area contributed by atoms with E-state index in [1.165, 1.54) is 11.1 Å². The van der Waals surface area contributed by atoms with Gasteiger partial charge in [-0.15, -0.1) is 0 Å². The molecule has 264 valence electrons. The van der Waals surface area contributed by atoms with Crippen LogP contribution in [0.2, 0.25) is 0 Å². The number of amides is 2. The first-order valence-electron chi connectivity index (χ1n) is 17.8. The molecule has 0 radical (unpaired) electrons. The van der Waals surface area contributed by atoms with Crippen molar-refractivity contribution in [3.63, 3.8) is 0 Å². The smallest absolute Gasteiger partial charge is 0.231 e. The van der Waals surface area contributed by atoms with Gasteiger partial charge in [0.2, 0.25) is 11.8 Å². The minimum absolute atomic E-state index is 0.0158. The van der Waals surface area contributed by atoms with E-state index in [4.69, 9.17) is 9.47 Å². The zero-order valence-corrected chi connectivity index (χ0v) is 29.8. The van der Waals surface area contributed by atoms with Gasteiger partial charge in [-0.25, -0.2) is 9.97 Å². The van der Waals surface area contributed by atoms with E-state index in [0.717, 1.165) is 56.6 Å². The summed E-state index contributed by atoms with van der Waals surface area (Å²) in [4.78, 5) is 41.7. The van der Waals surface area contributed by atoms with Crippen LogP contribution in [0.25, 0.3) is 43.8 Å². The summed E-state index contributed by atoms with van der Waals surface area (Å²) in [5.74, 6) is 1.02. The van der Waals surface area contributed by atoms with Crippen LogP contribution in [0, 0.1) is 25.7 Å². The first kappa shape index (κ1) is 34.9. The third-order valence-electron chi connectivity index (χ3n) is 9.54. The summed E-state index contributed by atoms with van der Waals surface area (Å²) >= 11 is 0. The minimum Gasteiger partial charge on any atom is -0.378 e. The molecular weight excluding hydrogens is 652 g/mol. The van der Waals surface area contributed by atoms with Gasteiger partial charge in [0.1, 0.15) is 11.6 Å². The Balaban J connectivity index is 0.000000162. The highest BCUT2D eigenvalue weighted by molar-refractivity contribution is 5.97. The van der Waals surface area contributed by atoms with Crippen LogP contribution in [0.15, 0.2) is 97.8 Å². The zero-order chi connectivity index (χ0) is 36.2. The third-order valence-corrected chi connectivity index (χ3v) is 9.54. The second kappa shape index (κ2) is 15.3. The maximum Gasteiger partial charge on any atom is 0.231 e. The summed E-state index contributed by atoms with van der Waals surface area (Å²) in [5, 5.41) is 9.94. The molecule has 52 heavy (non-hydrogen) atoms. The van der Waals surface area contributed by atoms with Gasteiger partial charge in [-0.1, -0.05) is 24.3 Å². The van der Waals surface area contributed by atoms with Gasteiger partial charge < -0.3 is 20.1 Å². The van der Waals surface area contributed by atoms with Gasteiger partial charge in [0.25, 0.3) is 0 Å². The van der Waals surface area contributed by atoms with Crippen molar-refractivity contribution in [1.29, 1.82) is 0 Å². The summed E-state index contributed by atoms with van der Waals surface area (Å²) in [6, 6.07) is 20.3. The van der Waals surface area contributed by atoms with E-state index in [0.29, 0.717) is 24.8 Å². The number of hydrogen-bond acceptors (Lipinski definition) is 8. The summed E-state index contributed by atoms with van der Waals surface area (Å²) in [5.41, 5.74) is 6.82. The van der Waals surface area contributed by atoms with Gasteiger partial charge in [0.05, 0.1) is 24.0 Å².